The third-order valence-electron chi connectivity index (χ3n) is 2.69. The Balaban J connectivity index is 2.40. The SMILES string of the molecule is Cc1nc(-c2ccc(Br)cc2)sc1C(C)C(=O)O. The van der Waals surface area contributed by atoms with E-state index in [1.807, 2.05) is 31.2 Å². The van der Waals surface area contributed by atoms with Gasteiger partial charge in [-0.1, -0.05) is 28.1 Å². The Morgan fingerprint density at radius 1 is 1.39 bits per heavy atom. The Kier molecular flexibility index (Phi) is 3.82. The molecule has 1 unspecified atom stereocenters. The lowest BCUT2D eigenvalue weighted by Gasteiger charge is -2.02. The van der Waals surface area contributed by atoms with E-state index in [0.29, 0.717) is 0 Å². The first-order chi connectivity index (χ1) is 8.49. The summed E-state index contributed by atoms with van der Waals surface area (Å²) in [5.74, 6) is -1.32. The second kappa shape index (κ2) is 5.20. The molecule has 1 heterocycles. The molecule has 0 amide bonds. The summed E-state index contributed by atoms with van der Waals surface area (Å²) in [6.07, 6.45) is 0. The number of aryl methyl sites for hydroxylation is 1. The molecule has 18 heavy (non-hydrogen) atoms. The number of carboxylic acid groups (broad SMARTS) is 1. The number of thiazole rings is 1. The number of aliphatic carboxylic acids is 1. The summed E-state index contributed by atoms with van der Waals surface area (Å²) in [6, 6.07) is 7.84. The molecule has 0 saturated heterocycles. The maximum absolute atomic E-state index is 11.0. The van der Waals surface area contributed by atoms with Crippen molar-refractivity contribution in [3.05, 3.63) is 39.3 Å². The molecule has 3 nitrogen and oxygen atoms in total. The van der Waals surface area contributed by atoms with E-state index in [9.17, 15) is 4.79 Å². The quantitative estimate of drug-likeness (QED) is 0.925. The number of rotatable bonds is 3. The molecule has 5 heteroatoms. The highest BCUT2D eigenvalue weighted by Crippen LogP contribution is 2.33. The Hall–Kier alpha value is -1.20. The van der Waals surface area contributed by atoms with Gasteiger partial charge in [-0.05, 0) is 26.0 Å². The van der Waals surface area contributed by atoms with E-state index in [-0.39, 0.29) is 0 Å². The van der Waals surface area contributed by atoms with Gasteiger partial charge in [0, 0.05) is 14.9 Å². The van der Waals surface area contributed by atoms with Gasteiger partial charge < -0.3 is 5.11 Å². The Morgan fingerprint density at radius 2 is 2.00 bits per heavy atom. The van der Waals surface area contributed by atoms with Crippen LogP contribution < -0.4 is 0 Å². The van der Waals surface area contributed by atoms with E-state index >= 15 is 0 Å². The minimum absolute atomic E-state index is 0.508. The predicted octanol–water partition coefficient (Wildman–Crippen LogP) is 4.07. The molecule has 94 valence electrons. The third kappa shape index (κ3) is 2.62. The Bertz CT molecular complexity index is 577. The lowest BCUT2D eigenvalue weighted by molar-refractivity contribution is -0.138. The van der Waals surface area contributed by atoms with Gasteiger partial charge in [-0.3, -0.25) is 4.79 Å². The molecule has 0 saturated carbocycles. The zero-order valence-corrected chi connectivity index (χ0v) is 12.4. The smallest absolute Gasteiger partial charge is 0.311 e. The predicted molar refractivity (Wildman–Crippen MR) is 76.0 cm³/mol. The second-order valence-electron chi connectivity index (χ2n) is 4.04. The number of aromatic nitrogens is 1. The van der Waals surface area contributed by atoms with E-state index in [4.69, 9.17) is 5.11 Å². The van der Waals surface area contributed by atoms with Gasteiger partial charge in [-0.25, -0.2) is 4.98 Å². The Labute approximate surface area is 118 Å². The van der Waals surface area contributed by atoms with Crippen molar-refractivity contribution < 1.29 is 9.90 Å². The summed E-state index contributed by atoms with van der Waals surface area (Å²) in [6.45, 7) is 3.54. The first kappa shape index (κ1) is 13.2. The van der Waals surface area contributed by atoms with Crippen LogP contribution in [0.1, 0.15) is 23.4 Å². The van der Waals surface area contributed by atoms with E-state index in [1.165, 1.54) is 11.3 Å². The first-order valence-corrected chi connectivity index (χ1v) is 7.06. The molecule has 0 fully saturated rings. The largest absolute Gasteiger partial charge is 0.481 e. The molecular weight excluding hydrogens is 314 g/mol. The van der Waals surface area contributed by atoms with Gasteiger partial charge in [0.15, 0.2) is 0 Å². The zero-order chi connectivity index (χ0) is 13.3. The first-order valence-electron chi connectivity index (χ1n) is 5.45. The van der Waals surface area contributed by atoms with Gasteiger partial charge in [0.25, 0.3) is 0 Å². The van der Waals surface area contributed by atoms with Crippen molar-refractivity contribution in [3.63, 3.8) is 0 Å². The molecule has 1 atom stereocenters. The van der Waals surface area contributed by atoms with Crippen molar-refractivity contribution in [2.24, 2.45) is 0 Å². The number of benzene rings is 1. The zero-order valence-electron chi connectivity index (χ0n) is 9.98. The Morgan fingerprint density at radius 3 is 2.56 bits per heavy atom. The van der Waals surface area contributed by atoms with Crippen LogP contribution in [0.5, 0.6) is 0 Å². The van der Waals surface area contributed by atoms with Crippen molar-refractivity contribution >= 4 is 33.2 Å². The lowest BCUT2D eigenvalue weighted by atomic mass is 10.1. The molecule has 0 aliphatic carbocycles. The monoisotopic (exact) mass is 325 g/mol. The van der Waals surface area contributed by atoms with Crippen LogP contribution in [0.2, 0.25) is 0 Å². The van der Waals surface area contributed by atoms with Crippen molar-refractivity contribution in [3.8, 4) is 10.6 Å². The summed E-state index contributed by atoms with van der Waals surface area (Å²) >= 11 is 4.83. The van der Waals surface area contributed by atoms with Crippen LogP contribution >= 0.6 is 27.3 Å². The number of carbonyl (C=O) groups is 1. The fraction of sp³-hybridized carbons (Fsp3) is 0.231. The highest BCUT2D eigenvalue weighted by Gasteiger charge is 2.20. The van der Waals surface area contributed by atoms with E-state index < -0.39 is 11.9 Å². The standard InChI is InChI=1S/C13H12BrNO2S/c1-7(13(16)17)11-8(2)15-12(18-11)9-3-5-10(14)6-4-9/h3-7H,1-2H3,(H,16,17). The fourth-order valence-corrected chi connectivity index (χ4v) is 3.02. The average Bonchev–Trinajstić information content (AvgIpc) is 2.71. The van der Waals surface area contributed by atoms with Gasteiger partial charge in [0.1, 0.15) is 5.01 Å². The minimum Gasteiger partial charge on any atom is -0.481 e. The van der Waals surface area contributed by atoms with E-state index in [0.717, 1.165) is 25.6 Å². The van der Waals surface area contributed by atoms with Crippen molar-refractivity contribution in [2.45, 2.75) is 19.8 Å². The summed E-state index contributed by atoms with van der Waals surface area (Å²) in [5.41, 5.74) is 1.81. The molecule has 2 rings (SSSR count). The molecule has 0 spiro atoms. The summed E-state index contributed by atoms with van der Waals surface area (Å²) in [7, 11) is 0. The molecule has 2 aromatic rings. The number of nitrogens with zero attached hydrogens (tertiary/aromatic N) is 1. The van der Waals surface area contributed by atoms with Gasteiger partial charge in [0.05, 0.1) is 11.6 Å². The number of carboxylic acids is 1. The molecule has 0 aliphatic rings. The number of hydrogen-bond acceptors (Lipinski definition) is 3. The van der Waals surface area contributed by atoms with Gasteiger partial charge in [-0.15, -0.1) is 11.3 Å². The number of hydrogen-bond donors (Lipinski definition) is 1. The van der Waals surface area contributed by atoms with Crippen molar-refractivity contribution in [2.75, 3.05) is 0 Å². The molecular formula is C13H12BrNO2S. The number of halogens is 1. The maximum Gasteiger partial charge on any atom is 0.311 e. The van der Waals surface area contributed by atoms with Crippen LogP contribution in [0.25, 0.3) is 10.6 Å². The highest BCUT2D eigenvalue weighted by atomic mass is 79.9. The van der Waals surface area contributed by atoms with Gasteiger partial charge >= 0.3 is 5.97 Å². The third-order valence-corrected chi connectivity index (χ3v) is 4.61. The van der Waals surface area contributed by atoms with Crippen molar-refractivity contribution in [1.29, 1.82) is 0 Å². The van der Waals surface area contributed by atoms with Crippen LogP contribution in [0.3, 0.4) is 0 Å². The lowest BCUT2D eigenvalue weighted by Crippen LogP contribution is -2.06. The highest BCUT2D eigenvalue weighted by molar-refractivity contribution is 9.10. The molecule has 0 aliphatic heterocycles. The molecule has 1 aromatic carbocycles. The minimum atomic E-state index is -0.816. The maximum atomic E-state index is 11.0. The molecule has 1 aromatic heterocycles. The molecule has 0 bridgehead atoms. The van der Waals surface area contributed by atoms with Gasteiger partial charge in [-0.2, -0.15) is 0 Å². The normalized spacial score (nSPS) is 12.4. The molecule has 1 N–H and O–H groups in total. The summed E-state index contributed by atoms with van der Waals surface area (Å²) in [4.78, 5) is 16.3. The summed E-state index contributed by atoms with van der Waals surface area (Å²) < 4.78 is 1.01. The fourth-order valence-electron chi connectivity index (χ4n) is 1.64. The molecule has 0 radical (unpaired) electrons. The average molecular weight is 326 g/mol. The van der Waals surface area contributed by atoms with Crippen LogP contribution in [-0.2, 0) is 4.79 Å². The summed E-state index contributed by atoms with van der Waals surface area (Å²) in [5, 5.41) is 9.91. The van der Waals surface area contributed by atoms with Crippen LogP contribution in [0.4, 0.5) is 0 Å². The van der Waals surface area contributed by atoms with Crippen LogP contribution in [0.15, 0.2) is 28.7 Å². The topological polar surface area (TPSA) is 50.2 Å². The second-order valence-corrected chi connectivity index (χ2v) is 5.98. The van der Waals surface area contributed by atoms with Crippen LogP contribution in [0, 0.1) is 6.92 Å². The van der Waals surface area contributed by atoms with Crippen LogP contribution in [-0.4, -0.2) is 16.1 Å². The van der Waals surface area contributed by atoms with E-state index in [1.54, 1.807) is 6.92 Å². The van der Waals surface area contributed by atoms with E-state index in [2.05, 4.69) is 20.9 Å². The van der Waals surface area contributed by atoms with Crippen molar-refractivity contribution in [1.82, 2.24) is 4.98 Å². The van der Waals surface area contributed by atoms with Gasteiger partial charge in [0.2, 0.25) is 0 Å².